The fourth-order valence-electron chi connectivity index (χ4n) is 2.83. The Morgan fingerprint density at radius 1 is 1.14 bits per heavy atom. The van der Waals surface area contributed by atoms with Crippen molar-refractivity contribution in [3.63, 3.8) is 0 Å². The Morgan fingerprint density at radius 2 is 2.00 bits per heavy atom. The van der Waals surface area contributed by atoms with Crippen molar-refractivity contribution >= 4 is 22.2 Å². The van der Waals surface area contributed by atoms with Gasteiger partial charge in [-0.3, -0.25) is 19.0 Å². The van der Waals surface area contributed by atoms with Gasteiger partial charge in [0.2, 0.25) is 0 Å². The standard InChI is InChI=1S/C21H18N4O3S/c26-19(23-9-10-28-16-7-4-8-22-12-16)18-13-24-21-25(20(18)27)14-17(29-21)11-15-5-2-1-3-6-15/h1-8,12-14H,9-11H2,(H,23,26). The van der Waals surface area contributed by atoms with Crippen LogP contribution in [0, 0.1) is 0 Å². The Labute approximate surface area is 170 Å². The molecule has 0 fully saturated rings. The number of nitrogens with one attached hydrogen (secondary N) is 1. The number of rotatable bonds is 7. The van der Waals surface area contributed by atoms with Crippen molar-refractivity contribution < 1.29 is 9.53 Å². The fraction of sp³-hybridized carbons (Fsp3) is 0.143. The lowest BCUT2D eigenvalue weighted by Crippen LogP contribution is -2.33. The number of benzene rings is 1. The van der Waals surface area contributed by atoms with Crippen LogP contribution in [0.2, 0.25) is 0 Å². The van der Waals surface area contributed by atoms with E-state index in [0.29, 0.717) is 17.1 Å². The first-order chi connectivity index (χ1) is 14.2. The number of aromatic nitrogens is 3. The molecule has 0 unspecified atom stereocenters. The van der Waals surface area contributed by atoms with Crippen molar-refractivity contribution in [2.75, 3.05) is 13.2 Å². The third kappa shape index (κ3) is 4.49. The number of carbonyl (C=O) groups is 1. The topological polar surface area (TPSA) is 85.6 Å². The fourth-order valence-corrected chi connectivity index (χ4v) is 3.80. The predicted molar refractivity (Wildman–Crippen MR) is 111 cm³/mol. The number of amides is 1. The van der Waals surface area contributed by atoms with E-state index in [0.717, 1.165) is 10.4 Å². The second kappa shape index (κ2) is 8.66. The molecule has 0 radical (unpaired) electrons. The van der Waals surface area contributed by atoms with Gasteiger partial charge >= 0.3 is 0 Å². The third-order valence-corrected chi connectivity index (χ3v) is 5.21. The van der Waals surface area contributed by atoms with Crippen LogP contribution in [-0.4, -0.2) is 33.4 Å². The molecule has 0 aliphatic rings. The molecule has 0 aliphatic carbocycles. The van der Waals surface area contributed by atoms with Crippen LogP contribution in [0.1, 0.15) is 20.8 Å². The van der Waals surface area contributed by atoms with E-state index in [-0.39, 0.29) is 24.3 Å². The normalized spacial score (nSPS) is 10.8. The average Bonchev–Trinajstić information content (AvgIpc) is 3.16. The zero-order valence-electron chi connectivity index (χ0n) is 15.4. The van der Waals surface area contributed by atoms with Crippen LogP contribution in [0.15, 0.2) is 72.0 Å². The van der Waals surface area contributed by atoms with Crippen molar-refractivity contribution in [3.05, 3.63) is 93.6 Å². The molecule has 3 heterocycles. The number of ether oxygens (including phenoxy) is 1. The summed E-state index contributed by atoms with van der Waals surface area (Å²) in [7, 11) is 0. The van der Waals surface area contributed by atoms with E-state index in [1.165, 1.54) is 21.9 Å². The molecule has 1 N–H and O–H groups in total. The summed E-state index contributed by atoms with van der Waals surface area (Å²) in [4.78, 5) is 34.9. The maximum absolute atomic E-state index is 12.7. The number of pyridine rings is 1. The minimum absolute atomic E-state index is 0.00735. The van der Waals surface area contributed by atoms with Gasteiger partial charge in [-0.15, -0.1) is 11.3 Å². The monoisotopic (exact) mass is 406 g/mol. The van der Waals surface area contributed by atoms with Gasteiger partial charge in [0.15, 0.2) is 4.96 Å². The summed E-state index contributed by atoms with van der Waals surface area (Å²) < 4.78 is 6.91. The predicted octanol–water partition coefficient (Wildman–Crippen LogP) is 2.55. The number of nitrogens with zero attached hydrogens (tertiary/aromatic N) is 3. The molecule has 3 aromatic heterocycles. The maximum atomic E-state index is 12.7. The van der Waals surface area contributed by atoms with Gasteiger partial charge < -0.3 is 10.1 Å². The summed E-state index contributed by atoms with van der Waals surface area (Å²) in [6, 6.07) is 13.5. The first-order valence-electron chi connectivity index (χ1n) is 9.06. The Morgan fingerprint density at radius 3 is 2.79 bits per heavy atom. The van der Waals surface area contributed by atoms with Crippen molar-refractivity contribution in [2.45, 2.75) is 6.42 Å². The Balaban J connectivity index is 1.42. The van der Waals surface area contributed by atoms with Gasteiger partial charge in [0.25, 0.3) is 11.5 Å². The Kier molecular flexibility index (Phi) is 5.62. The van der Waals surface area contributed by atoms with E-state index >= 15 is 0 Å². The van der Waals surface area contributed by atoms with E-state index in [2.05, 4.69) is 15.3 Å². The Bertz CT molecular complexity index is 1170. The van der Waals surface area contributed by atoms with Gasteiger partial charge in [-0.05, 0) is 17.7 Å². The molecule has 146 valence electrons. The molecule has 29 heavy (non-hydrogen) atoms. The highest BCUT2D eigenvalue weighted by atomic mass is 32.1. The number of fused-ring (bicyclic) bond motifs is 1. The molecule has 1 aromatic carbocycles. The SMILES string of the molecule is O=C(NCCOc1cccnc1)c1cnc2sc(Cc3ccccc3)cn2c1=O. The summed E-state index contributed by atoms with van der Waals surface area (Å²) in [6.45, 7) is 0.535. The lowest BCUT2D eigenvalue weighted by molar-refractivity contribution is 0.0945. The van der Waals surface area contributed by atoms with Crippen LogP contribution >= 0.6 is 11.3 Å². The second-order valence-corrected chi connectivity index (χ2v) is 7.38. The summed E-state index contributed by atoms with van der Waals surface area (Å²) >= 11 is 1.44. The molecular weight excluding hydrogens is 388 g/mol. The highest BCUT2D eigenvalue weighted by Gasteiger charge is 2.15. The molecule has 7 nitrogen and oxygen atoms in total. The molecule has 0 saturated heterocycles. The molecule has 4 aromatic rings. The molecule has 1 amide bonds. The second-order valence-electron chi connectivity index (χ2n) is 6.28. The number of thiazole rings is 1. The maximum Gasteiger partial charge on any atom is 0.271 e. The molecular formula is C21H18N4O3S. The van der Waals surface area contributed by atoms with Gasteiger partial charge in [0, 0.05) is 29.9 Å². The molecule has 0 bridgehead atoms. The summed E-state index contributed by atoms with van der Waals surface area (Å²) in [5.41, 5.74) is 0.780. The minimum Gasteiger partial charge on any atom is -0.490 e. The van der Waals surface area contributed by atoms with E-state index < -0.39 is 5.91 Å². The molecule has 8 heteroatoms. The summed E-state index contributed by atoms with van der Waals surface area (Å²) in [5, 5.41) is 2.69. The first kappa shape index (κ1) is 18.8. The summed E-state index contributed by atoms with van der Waals surface area (Å²) in [6.07, 6.45) is 7.04. The lowest BCUT2D eigenvalue weighted by Gasteiger charge is -2.07. The van der Waals surface area contributed by atoms with E-state index in [1.807, 2.05) is 30.3 Å². The zero-order valence-corrected chi connectivity index (χ0v) is 16.3. The van der Waals surface area contributed by atoms with Gasteiger partial charge in [-0.1, -0.05) is 30.3 Å². The smallest absolute Gasteiger partial charge is 0.271 e. The third-order valence-electron chi connectivity index (χ3n) is 4.21. The van der Waals surface area contributed by atoms with Crippen LogP contribution in [0.3, 0.4) is 0 Å². The van der Waals surface area contributed by atoms with E-state index in [1.54, 1.807) is 30.7 Å². The van der Waals surface area contributed by atoms with Crippen LogP contribution in [0.4, 0.5) is 0 Å². The van der Waals surface area contributed by atoms with Crippen molar-refractivity contribution in [3.8, 4) is 5.75 Å². The number of hydrogen-bond donors (Lipinski definition) is 1. The van der Waals surface area contributed by atoms with Crippen LogP contribution in [-0.2, 0) is 6.42 Å². The highest BCUT2D eigenvalue weighted by Crippen LogP contribution is 2.18. The van der Waals surface area contributed by atoms with Crippen molar-refractivity contribution in [1.29, 1.82) is 0 Å². The number of carbonyl (C=O) groups excluding carboxylic acids is 1. The van der Waals surface area contributed by atoms with Crippen LogP contribution in [0.5, 0.6) is 5.75 Å². The minimum atomic E-state index is -0.470. The highest BCUT2D eigenvalue weighted by molar-refractivity contribution is 7.17. The molecule has 0 saturated carbocycles. The van der Waals surface area contributed by atoms with Gasteiger partial charge in [-0.25, -0.2) is 4.98 Å². The van der Waals surface area contributed by atoms with Gasteiger partial charge in [-0.2, -0.15) is 0 Å². The molecule has 0 atom stereocenters. The van der Waals surface area contributed by atoms with Crippen LogP contribution < -0.4 is 15.6 Å². The largest absolute Gasteiger partial charge is 0.490 e. The quantitative estimate of drug-likeness (QED) is 0.477. The van der Waals surface area contributed by atoms with E-state index in [9.17, 15) is 9.59 Å². The first-order valence-corrected chi connectivity index (χ1v) is 9.87. The molecule has 4 rings (SSSR count). The van der Waals surface area contributed by atoms with Crippen LogP contribution in [0.25, 0.3) is 4.96 Å². The van der Waals surface area contributed by atoms with Crippen molar-refractivity contribution in [2.24, 2.45) is 0 Å². The average molecular weight is 406 g/mol. The van der Waals surface area contributed by atoms with Gasteiger partial charge in [0.05, 0.1) is 12.7 Å². The molecule has 0 aliphatic heterocycles. The zero-order chi connectivity index (χ0) is 20.1. The van der Waals surface area contributed by atoms with E-state index in [4.69, 9.17) is 4.74 Å². The molecule has 0 spiro atoms. The number of hydrogen-bond acceptors (Lipinski definition) is 6. The summed E-state index contributed by atoms with van der Waals surface area (Å²) in [5.74, 6) is 0.150. The Hall–Kier alpha value is -3.52. The van der Waals surface area contributed by atoms with Crippen molar-refractivity contribution in [1.82, 2.24) is 19.7 Å². The lowest BCUT2D eigenvalue weighted by atomic mass is 10.1. The van der Waals surface area contributed by atoms with Gasteiger partial charge in [0.1, 0.15) is 17.9 Å².